The van der Waals surface area contributed by atoms with E-state index in [-0.39, 0.29) is 11.5 Å². The SMILES string of the molecule is CC1(C)CCc2c(nc(N)nc2N2CC(NC(=O)O)C2)C1. The summed E-state index contributed by atoms with van der Waals surface area (Å²) in [6.45, 7) is 5.76. The summed E-state index contributed by atoms with van der Waals surface area (Å²) in [6.07, 6.45) is 1.98. The monoisotopic (exact) mass is 291 g/mol. The topological polar surface area (TPSA) is 104 Å². The lowest BCUT2D eigenvalue weighted by molar-refractivity contribution is 0.187. The van der Waals surface area contributed by atoms with Crippen LogP contribution in [-0.4, -0.2) is 40.3 Å². The maximum Gasteiger partial charge on any atom is 0.405 e. The number of hydrogen-bond acceptors (Lipinski definition) is 5. The molecule has 0 unspecified atom stereocenters. The van der Waals surface area contributed by atoms with E-state index in [2.05, 4.69) is 34.0 Å². The summed E-state index contributed by atoms with van der Waals surface area (Å²) in [5.74, 6) is 1.19. The van der Waals surface area contributed by atoms with Gasteiger partial charge in [0.05, 0.1) is 11.7 Å². The smallest absolute Gasteiger partial charge is 0.405 e. The van der Waals surface area contributed by atoms with Gasteiger partial charge in [-0.15, -0.1) is 0 Å². The number of nitrogens with one attached hydrogen (secondary N) is 1. The van der Waals surface area contributed by atoms with Crippen molar-refractivity contribution in [1.82, 2.24) is 15.3 Å². The number of nitrogens with two attached hydrogens (primary N) is 1. The van der Waals surface area contributed by atoms with Crippen molar-refractivity contribution in [3.8, 4) is 0 Å². The summed E-state index contributed by atoms with van der Waals surface area (Å²) in [5, 5.41) is 11.2. The van der Waals surface area contributed by atoms with E-state index in [0.29, 0.717) is 19.0 Å². The van der Waals surface area contributed by atoms with Gasteiger partial charge in [0.15, 0.2) is 0 Å². The molecule has 3 rings (SSSR count). The highest BCUT2D eigenvalue weighted by Gasteiger charge is 2.34. The molecule has 1 aromatic heterocycles. The Labute approximate surface area is 123 Å². The van der Waals surface area contributed by atoms with Gasteiger partial charge in [-0.3, -0.25) is 0 Å². The van der Waals surface area contributed by atoms with Crippen molar-refractivity contribution < 1.29 is 9.90 Å². The van der Waals surface area contributed by atoms with Crippen LogP contribution in [0.5, 0.6) is 0 Å². The second-order valence-electron chi connectivity index (χ2n) is 6.72. The minimum atomic E-state index is -0.981. The van der Waals surface area contributed by atoms with Gasteiger partial charge in [-0.05, 0) is 24.7 Å². The van der Waals surface area contributed by atoms with Crippen molar-refractivity contribution in [2.75, 3.05) is 23.7 Å². The van der Waals surface area contributed by atoms with E-state index in [4.69, 9.17) is 10.8 Å². The second-order valence-corrected chi connectivity index (χ2v) is 6.72. The minimum absolute atomic E-state index is 0.0330. The van der Waals surface area contributed by atoms with Gasteiger partial charge < -0.3 is 21.1 Å². The van der Waals surface area contributed by atoms with Crippen molar-refractivity contribution in [2.45, 2.75) is 39.2 Å². The Bertz CT molecular complexity index is 581. The van der Waals surface area contributed by atoms with Crippen LogP contribution >= 0.6 is 0 Å². The summed E-state index contributed by atoms with van der Waals surface area (Å²) < 4.78 is 0. The molecule has 4 N–H and O–H groups in total. The molecular formula is C14H21N5O2. The number of amides is 1. The van der Waals surface area contributed by atoms with Crippen LogP contribution < -0.4 is 16.0 Å². The Hall–Kier alpha value is -2.05. The van der Waals surface area contributed by atoms with Crippen LogP contribution in [0.25, 0.3) is 0 Å². The summed E-state index contributed by atoms with van der Waals surface area (Å²) in [7, 11) is 0. The van der Waals surface area contributed by atoms with E-state index >= 15 is 0 Å². The Morgan fingerprint density at radius 2 is 2.14 bits per heavy atom. The number of fused-ring (bicyclic) bond motifs is 1. The number of carbonyl (C=O) groups is 1. The number of hydrogen-bond donors (Lipinski definition) is 3. The molecule has 0 bridgehead atoms. The molecule has 0 saturated carbocycles. The van der Waals surface area contributed by atoms with Gasteiger partial charge in [0.1, 0.15) is 5.82 Å². The Morgan fingerprint density at radius 3 is 2.81 bits per heavy atom. The van der Waals surface area contributed by atoms with Crippen LogP contribution in [0.4, 0.5) is 16.6 Å². The van der Waals surface area contributed by atoms with Crippen LogP contribution in [0, 0.1) is 5.41 Å². The summed E-state index contributed by atoms with van der Waals surface area (Å²) in [4.78, 5) is 21.5. The highest BCUT2D eigenvalue weighted by atomic mass is 16.4. The first-order valence-corrected chi connectivity index (χ1v) is 7.24. The predicted octanol–water partition coefficient (Wildman–Crippen LogP) is 1.03. The summed E-state index contributed by atoms with van der Waals surface area (Å²) >= 11 is 0. The molecule has 21 heavy (non-hydrogen) atoms. The van der Waals surface area contributed by atoms with Crippen LogP contribution in [0.1, 0.15) is 31.5 Å². The van der Waals surface area contributed by atoms with E-state index < -0.39 is 6.09 Å². The molecule has 0 spiro atoms. The van der Waals surface area contributed by atoms with Gasteiger partial charge in [-0.25, -0.2) is 9.78 Å². The van der Waals surface area contributed by atoms with Gasteiger partial charge in [0.2, 0.25) is 5.95 Å². The molecule has 1 amide bonds. The lowest BCUT2D eigenvalue weighted by Gasteiger charge is -2.42. The molecule has 0 radical (unpaired) electrons. The third-order valence-electron chi connectivity index (χ3n) is 4.29. The zero-order valence-corrected chi connectivity index (χ0v) is 12.4. The minimum Gasteiger partial charge on any atom is -0.465 e. The molecule has 1 aliphatic heterocycles. The standard InChI is InChI=1S/C14H21N5O2/c1-14(2)4-3-9-10(5-14)17-12(15)18-11(9)19-6-8(7-19)16-13(20)21/h8,16H,3-7H2,1-2H3,(H,20,21)(H2,15,17,18). The lowest BCUT2D eigenvalue weighted by Crippen LogP contribution is -2.59. The van der Waals surface area contributed by atoms with E-state index in [1.165, 1.54) is 5.56 Å². The fourth-order valence-electron chi connectivity index (χ4n) is 3.12. The van der Waals surface area contributed by atoms with E-state index in [9.17, 15) is 4.79 Å². The number of carboxylic acid groups (broad SMARTS) is 1. The molecule has 0 aromatic carbocycles. The molecule has 7 heteroatoms. The molecule has 1 fully saturated rings. The highest BCUT2D eigenvalue weighted by Crippen LogP contribution is 2.38. The Morgan fingerprint density at radius 1 is 1.43 bits per heavy atom. The Balaban J connectivity index is 1.81. The molecule has 114 valence electrons. The predicted molar refractivity (Wildman–Crippen MR) is 79.4 cm³/mol. The van der Waals surface area contributed by atoms with Gasteiger partial charge in [0.25, 0.3) is 0 Å². The molecule has 7 nitrogen and oxygen atoms in total. The highest BCUT2D eigenvalue weighted by molar-refractivity contribution is 5.66. The van der Waals surface area contributed by atoms with Gasteiger partial charge in [-0.1, -0.05) is 13.8 Å². The van der Waals surface area contributed by atoms with E-state index in [1.54, 1.807) is 0 Å². The molecular weight excluding hydrogens is 270 g/mol. The second kappa shape index (κ2) is 4.75. The lowest BCUT2D eigenvalue weighted by atomic mass is 9.76. The molecule has 0 atom stereocenters. The zero-order chi connectivity index (χ0) is 15.2. The average Bonchev–Trinajstić information content (AvgIpc) is 2.30. The summed E-state index contributed by atoms with van der Waals surface area (Å²) in [5.41, 5.74) is 8.31. The molecule has 2 aliphatic rings. The zero-order valence-electron chi connectivity index (χ0n) is 12.4. The van der Waals surface area contributed by atoms with Crippen LogP contribution in [0.3, 0.4) is 0 Å². The van der Waals surface area contributed by atoms with E-state index in [1.807, 2.05) is 0 Å². The number of anilines is 2. The first kappa shape index (κ1) is 13.9. The molecule has 1 aliphatic carbocycles. The number of aromatic nitrogens is 2. The van der Waals surface area contributed by atoms with Crippen LogP contribution in [0.2, 0.25) is 0 Å². The van der Waals surface area contributed by atoms with Crippen molar-refractivity contribution >= 4 is 17.9 Å². The van der Waals surface area contributed by atoms with Gasteiger partial charge in [-0.2, -0.15) is 4.98 Å². The largest absolute Gasteiger partial charge is 0.465 e. The number of nitrogens with zero attached hydrogens (tertiary/aromatic N) is 3. The number of rotatable bonds is 2. The first-order valence-electron chi connectivity index (χ1n) is 7.24. The number of nitrogen functional groups attached to an aromatic ring is 1. The normalized spacial score (nSPS) is 20.6. The Kier molecular flexibility index (Phi) is 3.15. The first-order chi connectivity index (χ1) is 9.84. The third-order valence-corrected chi connectivity index (χ3v) is 4.29. The van der Waals surface area contributed by atoms with Crippen LogP contribution in [-0.2, 0) is 12.8 Å². The molecule has 1 aromatic rings. The van der Waals surface area contributed by atoms with Crippen LogP contribution in [0.15, 0.2) is 0 Å². The fourth-order valence-corrected chi connectivity index (χ4v) is 3.12. The van der Waals surface area contributed by atoms with Crippen molar-refractivity contribution in [3.63, 3.8) is 0 Å². The quantitative estimate of drug-likeness (QED) is 0.751. The van der Waals surface area contributed by atoms with Gasteiger partial charge in [0, 0.05) is 18.7 Å². The van der Waals surface area contributed by atoms with Gasteiger partial charge >= 0.3 is 6.09 Å². The summed E-state index contributed by atoms with van der Waals surface area (Å²) in [6, 6.07) is -0.0330. The fraction of sp³-hybridized carbons (Fsp3) is 0.643. The molecule has 1 saturated heterocycles. The molecule has 2 heterocycles. The maximum atomic E-state index is 10.6. The van der Waals surface area contributed by atoms with E-state index in [0.717, 1.165) is 30.8 Å². The third kappa shape index (κ3) is 2.72. The van der Waals surface area contributed by atoms with Crippen molar-refractivity contribution in [2.24, 2.45) is 5.41 Å². The maximum absolute atomic E-state index is 10.6. The average molecular weight is 291 g/mol. The van der Waals surface area contributed by atoms with Crippen molar-refractivity contribution in [1.29, 1.82) is 0 Å². The van der Waals surface area contributed by atoms with Crippen molar-refractivity contribution in [3.05, 3.63) is 11.3 Å².